The van der Waals surface area contributed by atoms with Crippen molar-refractivity contribution in [2.45, 2.75) is 78.6 Å². The smallest absolute Gasteiger partial charge is 0.249 e. The summed E-state index contributed by atoms with van der Waals surface area (Å²) in [6.07, 6.45) is 3.55. The molecule has 0 aromatic heterocycles. The van der Waals surface area contributed by atoms with Gasteiger partial charge in [-0.15, -0.1) is 12.4 Å². The van der Waals surface area contributed by atoms with E-state index in [2.05, 4.69) is 39.9 Å². The third-order valence-electron chi connectivity index (χ3n) is 4.06. The number of halogens is 1. The zero-order valence-electron chi connectivity index (χ0n) is 14.1. The van der Waals surface area contributed by atoms with Crippen molar-refractivity contribution >= 4 is 18.3 Å². The van der Waals surface area contributed by atoms with Gasteiger partial charge in [0.05, 0.1) is 6.10 Å². The van der Waals surface area contributed by atoms with Gasteiger partial charge >= 0.3 is 0 Å². The lowest BCUT2D eigenvalue weighted by molar-refractivity contribution is -0.133. The van der Waals surface area contributed by atoms with E-state index in [1.165, 1.54) is 0 Å². The van der Waals surface area contributed by atoms with Crippen molar-refractivity contribution in [2.75, 3.05) is 6.54 Å². The Hall–Kier alpha value is -0.320. The molecular weight excluding hydrogens is 288 g/mol. The van der Waals surface area contributed by atoms with Gasteiger partial charge in [-0.1, -0.05) is 34.6 Å². The number of rotatable bonds is 6. The summed E-state index contributed by atoms with van der Waals surface area (Å²) in [7, 11) is 0. The van der Waals surface area contributed by atoms with Gasteiger partial charge in [0.15, 0.2) is 0 Å². The molecule has 0 saturated carbocycles. The zero-order valence-corrected chi connectivity index (χ0v) is 15.0. The van der Waals surface area contributed by atoms with Crippen LogP contribution in [0.5, 0.6) is 0 Å². The Kier molecular flexibility index (Phi) is 8.83. The van der Waals surface area contributed by atoms with Gasteiger partial charge in [-0.25, -0.2) is 0 Å². The minimum atomic E-state index is -0.313. The molecule has 0 spiro atoms. The number of hydrogen-bond donors (Lipinski definition) is 2. The first kappa shape index (κ1) is 20.7. The maximum atomic E-state index is 12.3. The van der Waals surface area contributed by atoms with Crippen molar-refractivity contribution < 1.29 is 9.53 Å². The summed E-state index contributed by atoms with van der Waals surface area (Å²) in [5.41, 5.74) is 5.66. The van der Waals surface area contributed by atoms with Crippen LogP contribution in [0.3, 0.4) is 0 Å². The maximum absolute atomic E-state index is 12.3. The van der Waals surface area contributed by atoms with E-state index in [1.807, 2.05) is 0 Å². The summed E-state index contributed by atoms with van der Waals surface area (Å²) in [5.74, 6) is 0.686. The van der Waals surface area contributed by atoms with E-state index in [4.69, 9.17) is 10.5 Å². The monoisotopic (exact) mass is 320 g/mol. The van der Waals surface area contributed by atoms with E-state index in [1.54, 1.807) is 0 Å². The Bertz CT molecular complexity index is 316. The lowest BCUT2D eigenvalue weighted by atomic mass is 9.82. The highest BCUT2D eigenvalue weighted by molar-refractivity contribution is 5.85. The maximum Gasteiger partial charge on any atom is 0.249 e. The number of carbonyl (C=O) groups excluding carboxylic acids is 1. The molecule has 0 radical (unpaired) electrons. The number of amides is 1. The minimum Gasteiger partial charge on any atom is -0.364 e. The zero-order chi connectivity index (χ0) is 15.3. The second kappa shape index (κ2) is 8.96. The van der Waals surface area contributed by atoms with Crippen LogP contribution in [0.1, 0.15) is 60.3 Å². The second-order valence-corrected chi connectivity index (χ2v) is 7.46. The van der Waals surface area contributed by atoms with Crippen LogP contribution in [-0.2, 0) is 9.53 Å². The number of hydrogen-bond acceptors (Lipinski definition) is 3. The summed E-state index contributed by atoms with van der Waals surface area (Å²) in [6.45, 7) is 11.5. The number of nitrogens with two attached hydrogens (primary N) is 1. The molecule has 1 saturated heterocycles. The highest BCUT2D eigenvalue weighted by atomic mass is 35.5. The lowest BCUT2D eigenvalue weighted by Gasteiger charge is -2.33. The average Bonchev–Trinajstić information content (AvgIpc) is 2.81. The normalized spacial score (nSPS) is 23.8. The largest absolute Gasteiger partial charge is 0.364 e. The van der Waals surface area contributed by atoms with E-state index in [0.717, 1.165) is 25.7 Å². The summed E-state index contributed by atoms with van der Waals surface area (Å²) in [4.78, 5) is 12.3. The fourth-order valence-electron chi connectivity index (χ4n) is 2.56. The van der Waals surface area contributed by atoms with Gasteiger partial charge < -0.3 is 15.8 Å². The summed E-state index contributed by atoms with van der Waals surface area (Å²) >= 11 is 0. The Morgan fingerprint density at radius 3 is 2.33 bits per heavy atom. The highest BCUT2D eigenvalue weighted by Gasteiger charge is 2.33. The molecule has 0 aromatic carbocycles. The Morgan fingerprint density at radius 2 is 1.90 bits per heavy atom. The van der Waals surface area contributed by atoms with Crippen LogP contribution in [0.15, 0.2) is 0 Å². The SMILES string of the molecule is CC(C)CCC(NC(=O)[C@@H]1CC[C@H](CN)O1)C(C)(C)C.Cl. The molecule has 1 heterocycles. The Morgan fingerprint density at radius 1 is 1.29 bits per heavy atom. The second-order valence-electron chi connectivity index (χ2n) is 7.46. The van der Waals surface area contributed by atoms with Crippen LogP contribution in [0.2, 0.25) is 0 Å². The van der Waals surface area contributed by atoms with Crippen molar-refractivity contribution in [3.05, 3.63) is 0 Å². The van der Waals surface area contributed by atoms with Gasteiger partial charge in [-0.05, 0) is 37.0 Å². The first-order valence-corrected chi connectivity index (χ1v) is 7.90. The molecule has 3 atom stereocenters. The molecule has 1 fully saturated rings. The first-order valence-electron chi connectivity index (χ1n) is 7.90. The summed E-state index contributed by atoms with van der Waals surface area (Å²) in [6, 6.07) is 0.193. The minimum absolute atomic E-state index is 0. The molecule has 1 aliphatic heterocycles. The first-order chi connectivity index (χ1) is 9.24. The molecule has 21 heavy (non-hydrogen) atoms. The van der Waals surface area contributed by atoms with Crippen LogP contribution in [0, 0.1) is 11.3 Å². The molecule has 126 valence electrons. The predicted octanol–water partition coefficient (Wildman–Crippen LogP) is 2.88. The summed E-state index contributed by atoms with van der Waals surface area (Å²) < 4.78 is 5.67. The lowest BCUT2D eigenvalue weighted by Crippen LogP contribution is -2.47. The molecule has 0 aromatic rings. The fraction of sp³-hybridized carbons (Fsp3) is 0.938. The molecule has 1 rings (SSSR count). The Balaban J connectivity index is 0.00000400. The van der Waals surface area contributed by atoms with Gasteiger partial charge in [0.1, 0.15) is 6.10 Å². The number of carbonyl (C=O) groups is 1. The molecule has 4 nitrogen and oxygen atoms in total. The van der Waals surface area contributed by atoms with Gasteiger partial charge in [0, 0.05) is 12.6 Å². The van der Waals surface area contributed by atoms with Crippen LogP contribution >= 0.6 is 12.4 Å². The molecule has 1 aliphatic rings. The van der Waals surface area contributed by atoms with Gasteiger partial charge in [-0.2, -0.15) is 0 Å². The number of ether oxygens (including phenoxy) is 1. The molecule has 1 amide bonds. The van der Waals surface area contributed by atoms with Crippen molar-refractivity contribution in [1.82, 2.24) is 5.32 Å². The molecule has 5 heteroatoms. The van der Waals surface area contributed by atoms with Crippen molar-refractivity contribution in [2.24, 2.45) is 17.1 Å². The van der Waals surface area contributed by atoms with Crippen LogP contribution in [0.4, 0.5) is 0 Å². The van der Waals surface area contributed by atoms with E-state index >= 15 is 0 Å². The molecule has 0 bridgehead atoms. The van der Waals surface area contributed by atoms with E-state index in [9.17, 15) is 4.79 Å². The third-order valence-corrected chi connectivity index (χ3v) is 4.06. The topological polar surface area (TPSA) is 64.4 Å². The standard InChI is InChI=1S/C16H32N2O2.ClH/c1-11(2)6-9-14(16(3,4)5)18-15(19)13-8-7-12(10-17)20-13;/h11-14H,6-10,17H2,1-5H3,(H,18,19);1H/t12-,13+,14?;/m1./s1. The van der Waals surface area contributed by atoms with Gasteiger partial charge in [-0.3, -0.25) is 4.79 Å². The van der Waals surface area contributed by atoms with Gasteiger partial charge in [0.25, 0.3) is 0 Å². The molecule has 3 N–H and O–H groups in total. The molecule has 1 unspecified atom stereocenters. The quantitative estimate of drug-likeness (QED) is 0.791. The van der Waals surface area contributed by atoms with E-state index in [0.29, 0.717) is 12.5 Å². The number of nitrogens with one attached hydrogen (secondary N) is 1. The average molecular weight is 321 g/mol. The van der Waals surface area contributed by atoms with Crippen LogP contribution < -0.4 is 11.1 Å². The van der Waals surface area contributed by atoms with Crippen molar-refractivity contribution in [3.8, 4) is 0 Å². The van der Waals surface area contributed by atoms with E-state index < -0.39 is 0 Å². The van der Waals surface area contributed by atoms with Crippen LogP contribution in [0.25, 0.3) is 0 Å². The van der Waals surface area contributed by atoms with Gasteiger partial charge in [0.2, 0.25) is 5.91 Å². The van der Waals surface area contributed by atoms with Crippen LogP contribution in [-0.4, -0.2) is 30.7 Å². The molecular formula is C16H33ClN2O2. The fourth-order valence-corrected chi connectivity index (χ4v) is 2.56. The third kappa shape index (κ3) is 6.98. The van der Waals surface area contributed by atoms with E-state index in [-0.39, 0.29) is 42.0 Å². The molecule has 0 aliphatic carbocycles. The predicted molar refractivity (Wildman–Crippen MR) is 89.7 cm³/mol. The summed E-state index contributed by atoms with van der Waals surface area (Å²) in [5, 5.41) is 3.19. The Labute approximate surface area is 136 Å². The highest BCUT2D eigenvalue weighted by Crippen LogP contribution is 2.26. The van der Waals surface area contributed by atoms with Crippen molar-refractivity contribution in [3.63, 3.8) is 0 Å². The van der Waals surface area contributed by atoms with Crippen molar-refractivity contribution in [1.29, 1.82) is 0 Å².